The Bertz CT molecular complexity index is 1340. The van der Waals surface area contributed by atoms with Crippen LogP contribution in [0.5, 0.6) is 17.2 Å². The number of carbonyl (C=O) groups is 1. The van der Waals surface area contributed by atoms with E-state index in [4.69, 9.17) is 24.9 Å². The number of nitrogens with two attached hydrogens (primary N) is 1. The maximum absolute atomic E-state index is 13.6. The molecule has 2 aromatic carbocycles. The Morgan fingerprint density at radius 2 is 1.95 bits per heavy atom. The molecule has 1 aliphatic rings. The Hall–Kier alpha value is -3.53. The van der Waals surface area contributed by atoms with E-state index in [1.54, 1.807) is 50.2 Å². The molecule has 0 fully saturated rings. The Balaban J connectivity index is 1.60. The number of aromatic nitrogens is 1. The number of ether oxygens (including phenoxy) is 3. The van der Waals surface area contributed by atoms with E-state index < -0.39 is 17.2 Å². The molecular formula is C30H35FN2O6. The van der Waals surface area contributed by atoms with E-state index in [2.05, 4.69) is 0 Å². The highest BCUT2D eigenvalue weighted by Gasteiger charge is 2.36. The number of rotatable bonds is 10. The summed E-state index contributed by atoms with van der Waals surface area (Å²) in [6.45, 7) is 5.61. The topological polar surface area (TPSA) is 124 Å². The minimum Gasteiger partial charge on any atom is -0.493 e. The van der Waals surface area contributed by atoms with Crippen LogP contribution in [0.3, 0.4) is 0 Å². The number of nitrogens with zero attached hydrogens (tertiary/aromatic N) is 1. The minimum atomic E-state index is -1.47. The van der Waals surface area contributed by atoms with Crippen LogP contribution in [0.1, 0.15) is 61.6 Å². The Kier molecular flexibility index (Phi) is 8.25. The SMILES string of the molecule is COc1cc(C(=O)CC[C@@](C)(O)c2cc3c(c(-c4ccc(F)cc4)n2)OCC[C@]3(C)N)ccc1OC[C@@H](C)O. The van der Waals surface area contributed by atoms with Gasteiger partial charge in [-0.1, -0.05) is 0 Å². The van der Waals surface area contributed by atoms with Gasteiger partial charge < -0.3 is 30.2 Å². The van der Waals surface area contributed by atoms with Crippen molar-refractivity contribution in [1.82, 2.24) is 4.98 Å². The molecule has 0 saturated carbocycles. The molecule has 0 aliphatic carbocycles. The monoisotopic (exact) mass is 538 g/mol. The Morgan fingerprint density at radius 1 is 1.23 bits per heavy atom. The van der Waals surface area contributed by atoms with Gasteiger partial charge in [0.1, 0.15) is 23.7 Å². The maximum atomic E-state index is 13.6. The number of carbonyl (C=O) groups excluding carboxylic acids is 1. The fraction of sp³-hybridized carbons (Fsp3) is 0.400. The van der Waals surface area contributed by atoms with E-state index in [1.165, 1.54) is 19.2 Å². The van der Waals surface area contributed by atoms with E-state index in [9.17, 15) is 19.4 Å². The van der Waals surface area contributed by atoms with Crippen LogP contribution in [0, 0.1) is 5.82 Å². The van der Waals surface area contributed by atoms with Crippen LogP contribution in [0.4, 0.5) is 4.39 Å². The second-order valence-corrected chi connectivity index (χ2v) is 10.5. The van der Waals surface area contributed by atoms with Gasteiger partial charge in [0.05, 0.1) is 25.5 Å². The first-order valence-electron chi connectivity index (χ1n) is 12.9. The van der Waals surface area contributed by atoms with Crippen molar-refractivity contribution in [2.45, 2.75) is 57.3 Å². The molecule has 0 unspecified atom stereocenters. The van der Waals surface area contributed by atoms with Crippen LogP contribution in [0.15, 0.2) is 48.5 Å². The third-order valence-corrected chi connectivity index (χ3v) is 6.93. The molecule has 9 heteroatoms. The zero-order valence-electron chi connectivity index (χ0n) is 22.7. The van der Waals surface area contributed by atoms with Gasteiger partial charge in [-0.25, -0.2) is 9.37 Å². The van der Waals surface area contributed by atoms with Crippen molar-refractivity contribution in [3.8, 4) is 28.5 Å². The molecule has 4 N–H and O–H groups in total. The van der Waals surface area contributed by atoms with Gasteiger partial charge in [-0.15, -0.1) is 0 Å². The van der Waals surface area contributed by atoms with Crippen LogP contribution < -0.4 is 19.9 Å². The summed E-state index contributed by atoms with van der Waals surface area (Å²) in [7, 11) is 1.47. The van der Waals surface area contributed by atoms with Crippen molar-refractivity contribution in [3.05, 3.63) is 71.2 Å². The van der Waals surface area contributed by atoms with Gasteiger partial charge in [-0.3, -0.25) is 4.79 Å². The highest BCUT2D eigenvalue weighted by Crippen LogP contribution is 2.43. The first-order valence-corrected chi connectivity index (χ1v) is 12.9. The molecule has 4 rings (SSSR count). The summed E-state index contributed by atoms with van der Waals surface area (Å²) < 4.78 is 30.5. The number of aliphatic hydroxyl groups is 2. The number of hydrogen-bond acceptors (Lipinski definition) is 8. The van der Waals surface area contributed by atoms with Crippen LogP contribution in [0.25, 0.3) is 11.3 Å². The number of methoxy groups -OCH3 is 1. The molecule has 0 saturated heterocycles. The standard InChI is InChI=1S/C30H35FN2O6/c1-18(34)17-39-24-10-7-20(15-25(24)37-4)23(35)11-12-30(3,36)26-16-22-28(38-14-13-29(22,2)32)27(33-26)19-5-8-21(31)9-6-19/h5-10,15-16,18,34,36H,11-14,17,32H2,1-4H3/t18-,29+,30-/m1/s1. The molecule has 1 aromatic heterocycles. The van der Waals surface area contributed by atoms with Crippen molar-refractivity contribution < 1.29 is 33.6 Å². The molecular weight excluding hydrogens is 503 g/mol. The summed E-state index contributed by atoms with van der Waals surface area (Å²) in [6, 6.07) is 12.4. The summed E-state index contributed by atoms with van der Waals surface area (Å²) in [4.78, 5) is 17.8. The maximum Gasteiger partial charge on any atom is 0.163 e. The molecule has 39 heavy (non-hydrogen) atoms. The van der Waals surface area contributed by atoms with Crippen LogP contribution in [-0.2, 0) is 11.1 Å². The molecule has 3 atom stereocenters. The highest BCUT2D eigenvalue weighted by atomic mass is 19.1. The molecule has 0 radical (unpaired) electrons. The smallest absolute Gasteiger partial charge is 0.163 e. The second-order valence-electron chi connectivity index (χ2n) is 10.5. The van der Waals surface area contributed by atoms with Gasteiger partial charge >= 0.3 is 0 Å². The third-order valence-electron chi connectivity index (χ3n) is 6.93. The molecule has 8 nitrogen and oxygen atoms in total. The fourth-order valence-corrected chi connectivity index (χ4v) is 4.48. The lowest BCUT2D eigenvalue weighted by atomic mass is 9.83. The fourth-order valence-electron chi connectivity index (χ4n) is 4.48. The summed E-state index contributed by atoms with van der Waals surface area (Å²) >= 11 is 0. The summed E-state index contributed by atoms with van der Waals surface area (Å²) in [5, 5.41) is 21.0. The number of Topliss-reactive ketones (excluding diaryl/α,β-unsaturated/α-hetero) is 1. The molecule has 0 bridgehead atoms. The molecule has 1 aliphatic heterocycles. The Labute approximate surface area is 227 Å². The van der Waals surface area contributed by atoms with Crippen LogP contribution >= 0.6 is 0 Å². The average Bonchev–Trinajstić information content (AvgIpc) is 2.90. The predicted octanol–water partition coefficient (Wildman–Crippen LogP) is 4.48. The lowest BCUT2D eigenvalue weighted by Crippen LogP contribution is -2.39. The number of aliphatic hydroxyl groups excluding tert-OH is 1. The van der Waals surface area contributed by atoms with Gasteiger partial charge in [0.25, 0.3) is 0 Å². The van der Waals surface area contributed by atoms with Gasteiger partial charge in [0.2, 0.25) is 0 Å². The zero-order valence-corrected chi connectivity index (χ0v) is 22.7. The van der Waals surface area contributed by atoms with E-state index >= 15 is 0 Å². The molecule has 0 spiro atoms. The Morgan fingerprint density at radius 3 is 2.62 bits per heavy atom. The summed E-state index contributed by atoms with van der Waals surface area (Å²) in [5.74, 6) is 0.729. The predicted molar refractivity (Wildman–Crippen MR) is 145 cm³/mol. The van der Waals surface area contributed by atoms with Gasteiger partial charge in [0, 0.05) is 35.1 Å². The second kappa shape index (κ2) is 11.3. The minimum absolute atomic E-state index is 0.0328. The lowest BCUT2D eigenvalue weighted by Gasteiger charge is -2.35. The molecule has 2 heterocycles. The highest BCUT2D eigenvalue weighted by molar-refractivity contribution is 5.96. The number of benzene rings is 2. The zero-order chi connectivity index (χ0) is 28.4. The number of halogens is 1. The molecule has 208 valence electrons. The number of hydrogen-bond donors (Lipinski definition) is 3. The van der Waals surface area contributed by atoms with Crippen molar-refractivity contribution >= 4 is 5.78 Å². The van der Waals surface area contributed by atoms with Crippen molar-refractivity contribution in [3.63, 3.8) is 0 Å². The van der Waals surface area contributed by atoms with Crippen molar-refractivity contribution in [1.29, 1.82) is 0 Å². The quantitative estimate of drug-likeness (QED) is 0.323. The summed E-state index contributed by atoms with van der Waals surface area (Å²) in [5.41, 5.74) is 6.94. The first-order chi connectivity index (χ1) is 18.4. The molecule has 3 aromatic rings. The van der Waals surface area contributed by atoms with Crippen molar-refractivity contribution in [2.75, 3.05) is 20.3 Å². The molecule has 0 amide bonds. The van der Waals surface area contributed by atoms with E-state index in [1.807, 2.05) is 6.92 Å². The number of fused-ring (bicyclic) bond motifs is 1. The summed E-state index contributed by atoms with van der Waals surface area (Å²) in [6.07, 6.45) is 0.0462. The van der Waals surface area contributed by atoms with Gasteiger partial charge in [0.15, 0.2) is 23.0 Å². The lowest BCUT2D eigenvalue weighted by molar-refractivity contribution is 0.0393. The van der Waals surface area contributed by atoms with Gasteiger partial charge in [-0.2, -0.15) is 0 Å². The van der Waals surface area contributed by atoms with E-state index in [0.717, 1.165) is 0 Å². The van der Waals surface area contributed by atoms with E-state index in [0.29, 0.717) is 58.4 Å². The third kappa shape index (κ3) is 6.38. The number of ketones is 1. The largest absolute Gasteiger partial charge is 0.493 e. The van der Waals surface area contributed by atoms with Gasteiger partial charge in [-0.05, 0) is 75.7 Å². The van der Waals surface area contributed by atoms with Crippen molar-refractivity contribution in [2.24, 2.45) is 5.73 Å². The van der Waals surface area contributed by atoms with Crippen LogP contribution in [-0.4, -0.2) is 47.4 Å². The number of pyridine rings is 1. The first kappa shape index (κ1) is 28.5. The van der Waals surface area contributed by atoms with Crippen LogP contribution in [0.2, 0.25) is 0 Å². The average molecular weight is 539 g/mol. The van der Waals surface area contributed by atoms with E-state index in [-0.39, 0.29) is 31.0 Å². The normalized spacial score (nSPS) is 18.9.